The fraction of sp³-hybridized carbons (Fsp3) is 0.250. The van der Waals surface area contributed by atoms with Crippen LogP contribution in [0.15, 0.2) is 53.9 Å². The van der Waals surface area contributed by atoms with Crippen LogP contribution in [0.25, 0.3) is 5.69 Å². The number of hydrogen-bond acceptors (Lipinski definition) is 4. The molecule has 0 bridgehead atoms. The van der Waals surface area contributed by atoms with Crippen LogP contribution < -0.4 is 5.32 Å². The first-order chi connectivity index (χ1) is 13.4. The molecule has 0 aliphatic heterocycles. The number of carbonyl (C=O) groups is 1. The third-order valence-electron chi connectivity index (χ3n) is 4.33. The molecule has 0 aliphatic rings. The van der Waals surface area contributed by atoms with Gasteiger partial charge in [0, 0.05) is 10.0 Å². The second-order valence-electron chi connectivity index (χ2n) is 6.43. The van der Waals surface area contributed by atoms with Gasteiger partial charge in [0.2, 0.25) is 5.91 Å². The minimum absolute atomic E-state index is 0.108. The number of hydrogen-bond donors (Lipinski definition) is 1. The number of aromatic nitrogens is 3. The molecule has 3 rings (SSSR count). The quantitative estimate of drug-likeness (QED) is 0.538. The normalized spacial score (nSPS) is 13.2. The van der Waals surface area contributed by atoms with Crippen molar-refractivity contribution in [1.82, 2.24) is 20.1 Å². The molecule has 8 heteroatoms. The molecule has 0 saturated carbocycles. The van der Waals surface area contributed by atoms with Crippen molar-refractivity contribution in [3.8, 4) is 5.69 Å². The van der Waals surface area contributed by atoms with Gasteiger partial charge >= 0.3 is 0 Å². The van der Waals surface area contributed by atoms with E-state index in [1.165, 1.54) is 11.8 Å². The van der Waals surface area contributed by atoms with E-state index in [9.17, 15) is 4.79 Å². The highest BCUT2D eigenvalue weighted by atomic mass is 35.5. The summed E-state index contributed by atoms with van der Waals surface area (Å²) in [6, 6.07) is 13.0. The van der Waals surface area contributed by atoms with E-state index in [2.05, 4.69) is 15.5 Å². The second kappa shape index (κ2) is 8.99. The summed E-state index contributed by atoms with van der Waals surface area (Å²) in [7, 11) is 0. The molecule has 0 radical (unpaired) electrons. The molecule has 0 aliphatic carbocycles. The Morgan fingerprint density at radius 3 is 2.64 bits per heavy atom. The van der Waals surface area contributed by atoms with Gasteiger partial charge in [-0.1, -0.05) is 59.2 Å². The second-order valence-corrected chi connectivity index (χ2v) is 8.58. The van der Waals surface area contributed by atoms with E-state index < -0.39 is 0 Å². The average Bonchev–Trinajstić information content (AvgIpc) is 3.09. The first-order valence-electron chi connectivity index (χ1n) is 8.75. The van der Waals surface area contributed by atoms with Gasteiger partial charge in [0.25, 0.3) is 0 Å². The molecular weight excluding hydrogens is 415 g/mol. The van der Waals surface area contributed by atoms with Crippen molar-refractivity contribution in [2.75, 3.05) is 0 Å². The number of rotatable bonds is 6. The number of aryl methyl sites for hydroxylation is 1. The van der Waals surface area contributed by atoms with E-state index in [-0.39, 0.29) is 17.2 Å². The van der Waals surface area contributed by atoms with Crippen molar-refractivity contribution in [2.45, 2.75) is 37.2 Å². The zero-order valence-electron chi connectivity index (χ0n) is 15.7. The van der Waals surface area contributed by atoms with E-state index >= 15 is 0 Å². The van der Waals surface area contributed by atoms with Crippen molar-refractivity contribution in [3.63, 3.8) is 0 Å². The predicted octanol–water partition coefficient (Wildman–Crippen LogP) is 5.24. The maximum atomic E-state index is 12.7. The fourth-order valence-corrected chi connectivity index (χ4v) is 4.19. The summed E-state index contributed by atoms with van der Waals surface area (Å²) >= 11 is 13.5. The van der Waals surface area contributed by atoms with E-state index in [0.29, 0.717) is 15.2 Å². The molecule has 1 aromatic heterocycles. The SMILES string of the molecule is Cc1ccccc1-n1cnnc1SC(C)C(=O)NC(C)c1ccc(Cl)cc1Cl. The van der Waals surface area contributed by atoms with Crippen LogP contribution in [0.2, 0.25) is 10.0 Å². The molecule has 0 saturated heterocycles. The molecule has 146 valence electrons. The van der Waals surface area contributed by atoms with Gasteiger partial charge < -0.3 is 5.32 Å². The Balaban J connectivity index is 1.70. The van der Waals surface area contributed by atoms with Gasteiger partial charge in [0.1, 0.15) is 6.33 Å². The molecule has 3 aromatic rings. The third-order valence-corrected chi connectivity index (χ3v) is 5.95. The van der Waals surface area contributed by atoms with Gasteiger partial charge in [0.15, 0.2) is 5.16 Å². The van der Waals surface area contributed by atoms with Crippen molar-refractivity contribution in [2.24, 2.45) is 0 Å². The number of benzene rings is 2. The summed E-state index contributed by atoms with van der Waals surface area (Å²) in [6.45, 7) is 5.75. The van der Waals surface area contributed by atoms with Crippen LogP contribution in [0.4, 0.5) is 0 Å². The maximum Gasteiger partial charge on any atom is 0.233 e. The van der Waals surface area contributed by atoms with Crippen LogP contribution >= 0.6 is 35.0 Å². The number of nitrogens with one attached hydrogen (secondary N) is 1. The summed E-state index contributed by atoms with van der Waals surface area (Å²) in [5.41, 5.74) is 2.91. The van der Waals surface area contributed by atoms with Crippen LogP contribution in [0, 0.1) is 6.92 Å². The van der Waals surface area contributed by atoms with Crippen LogP contribution in [0.5, 0.6) is 0 Å². The van der Waals surface area contributed by atoms with Crippen molar-refractivity contribution >= 4 is 40.9 Å². The number of amides is 1. The zero-order chi connectivity index (χ0) is 20.3. The zero-order valence-corrected chi connectivity index (χ0v) is 18.0. The number of carbonyl (C=O) groups excluding carboxylic acids is 1. The fourth-order valence-electron chi connectivity index (χ4n) is 2.78. The molecule has 1 amide bonds. The Morgan fingerprint density at radius 1 is 1.18 bits per heavy atom. The van der Waals surface area contributed by atoms with Gasteiger partial charge in [-0.2, -0.15) is 0 Å². The Labute approximate surface area is 178 Å². The molecule has 2 unspecified atom stereocenters. The molecule has 2 atom stereocenters. The Hall–Kier alpha value is -2.02. The van der Waals surface area contributed by atoms with Crippen LogP contribution in [-0.4, -0.2) is 25.9 Å². The van der Waals surface area contributed by atoms with Gasteiger partial charge in [0.05, 0.1) is 17.0 Å². The standard InChI is InChI=1S/C20H20Cl2N4OS/c1-12-6-4-5-7-18(12)26-11-23-25-20(26)28-14(3)19(27)24-13(2)16-9-8-15(21)10-17(16)22/h4-11,13-14H,1-3H3,(H,24,27). The third kappa shape index (κ3) is 4.69. The Kier molecular flexibility index (Phi) is 6.65. The summed E-state index contributed by atoms with van der Waals surface area (Å²) < 4.78 is 1.89. The largest absolute Gasteiger partial charge is 0.349 e. The average molecular weight is 435 g/mol. The van der Waals surface area contributed by atoms with E-state index in [4.69, 9.17) is 23.2 Å². The monoisotopic (exact) mass is 434 g/mol. The molecular formula is C20H20Cl2N4OS. The maximum absolute atomic E-state index is 12.7. The lowest BCUT2D eigenvalue weighted by Gasteiger charge is -2.19. The van der Waals surface area contributed by atoms with Crippen LogP contribution in [-0.2, 0) is 4.79 Å². The first kappa shape index (κ1) is 20.7. The summed E-state index contributed by atoms with van der Waals surface area (Å²) in [4.78, 5) is 12.7. The Morgan fingerprint density at radius 2 is 1.93 bits per heavy atom. The lowest BCUT2D eigenvalue weighted by Crippen LogP contribution is -2.33. The van der Waals surface area contributed by atoms with E-state index in [0.717, 1.165) is 16.8 Å². The minimum Gasteiger partial charge on any atom is -0.349 e. The van der Waals surface area contributed by atoms with Gasteiger partial charge in [-0.3, -0.25) is 9.36 Å². The van der Waals surface area contributed by atoms with Crippen molar-refractivity contribution < 1.29 is 4.79 Å². The molecule has 28 heavy (non-hydrogen) atoms. The lowest BCUT2D eigenvalue weighted by atomic mass is 10.1. The summed E-state index contributed by atoms with van der Waals surface area (Å²) in [5.74, 6) is -0.108. The smallest absolute Gasteiger partial charge is 0.233 e. The highest BCUT2D eigenvalue weighted by Crippen LogP contribution is 2.28. The Bertz CT molecular complexity index is 992. The summed E-state index contributed by atoms with van der Waals surface area (Å²) in [6.07, 6.45) is 1.66. The van der Waals surface area contributed by atoms with E-state index in [1.807, 2.05) is 55.7 Å². The summed E-state index contributed by atoms with van der Waals surface area (Å²) in [5, 5.41) is 12.6. The van der Waals surface area contributed by atoms with Crippen molar-refractivity contribution in [3.05, 3.63) is 70.0 Å². The van der Waals surface area contributed by atoms with Gasteiger partial charge in [-0.25, -0.2) is 0 Å². The number of para-hydroxylation sites is 1. The van der Waals surface area contributed by atoms with E-state index in [1.54, 1.807) is 18.5 Å². The molecule has 2 aromatic carbocycles. The van der Waals surface area contributed by atoms with Crippen LogP contribution in [0.3, 0.4) is 0 Å². The topological polar surface area (TPSA) is 59.8 Å². The molecule has 1 N–H and O–H groups in total. The molecule has 0 fully saturated rings. The van der Waals surface area contributed by atoms with Gasteiger partial charge in [-0.15, -0.1) is 10.2 Å². The minimum atomic E-state index is -0.361. The lowest BCUT2D eigenvalue weighted by molar-refractivity contribution is -0.120. The molecule has 1 heterocycles. The molecule has 0 spiro atoms. The highest BCUT2D eigenvalue weighted by Gasteiger charge is 2.21. The predicted molar refractivity (Wildman–Crippen MR) is 114 cm³/mol. The van der Waals surface area contributed by atoms with Gasteiger partial charge in [-0.05, 0) is 50.1 Å². The first-order valence-corrected chi connectivity index (χ1v) is 10.4. The highest BCUT2D eigenvalue weighted by molar-refractivity contribution is 8.00. The van der Waals surface area contributed by atoms with Crippen LogP contribution in [0.1, 0.15) is 31.0 Å². The number of halogens is 2. The molecule has 5 nitrogen and oxygen atoms in total. The number of nitrogens with zero attached hydrogens (tertiary/aromatic N) is 3. The number of thioether (sulfide) groups is 1. The van der Waals surface area contributed by atoms with Crippen molar-refractivity contribution in [1.29, 1.82) is 0 Å².